The Kier molecular flexibility index (Phi) is 2.34. The summed E-state index contributed by atoms with van der Waals surface area (Å²) < 4.78 is 2.93. The SMILES string of the molecule is Cc1nc2ccc(-c3cc(=O)n4ccccc4n3)nn2n1. The van der Waals surface area contributed by atoms with Gasteiger partial charge >= 0.3 is 0 Å². The summed E-state index contributed by atoms with van der Waals surface area (Å²) >= 11 is 0. The molecule has 4 aromatic rings. The fraction of sp³-hybridized carbons (Fsp3) is 0.0714. The van der Waals surface area contributed by atoms with E-state index in [1.807, 2.05) is 6.07 Å². The van der Waals surface area contributed by atoms with Gasteiger partial charge in [-0.25, -0.2) is 9.97 Å². The predicted octanol–water partition coefficient (Wildman–Crippen LogP) is 1.11. The molecule has 4 rings (SSSR count). The van der Waals surface area contributed by atoms with E-state index in [4.69, 9.17) is 0 Å². The zero-order chi connectivity index (χ0) is 14.4. The van der Waals surface area contributed by atoms with Crippen molar-refractivity contribution in [1.82, 2.24) is 29.2 Å². The number of nitrogens with zero attached hydrogens (tertiary/aromatic N) is 6. The Morgan fingerprint density at radius 2 is 1.86 bits per heavy atom. The van der Waals surface area contributed by atoms with E-state index in [1.165, 1.54) is 15.1 Å². The topological polar surface area (TPSA) is 77.5 Å². The molecule has 0 bridgehead atoms. The first kappa shape index (κ1) is 11.7. The van der Waals surface area contributed by atoms with E-state index in [-0.39, 0.29) is 5.56 Å². The van der Waals surface area contributed by atoms with Crippen molar-refractivity contribution in [2.45, 2.75) is 6.92 Å². The molecule has 0 fully saturated rings. The quantitative estimate of drug-likeness (QED) is 0.521. The second-order valence-electron chi connectivity index (χ2n) is 4.63. The lowest BCUT2D eigenvalue weighted by molar-refractivity contribution is 0.790. The third kappa shape index (κ3) is 1.86. The molecule has 4 aromatic heterocycles. The normalized spacial score (nSPS) is 11.3. The third-order valence-electron chi connectivity index (χ3n) is 3.15. The number of hydrogen-bond donors (Lipinski definition) is 0. The van der Waals surface area contributed by atoms with E-state index in [1.54, 1.807) is 37.4 Å². The molecule has 102 valence electrons. The Hall–Kier alpha value is -3.09. The fourth-order valence-corrected chi connectivity index (χ4v) is 2.21. The Balaban J connectivity index is 1.97. The summed E-state index contributed by atoms with van der Waals surface area (Å²) in [5.41, 5.74) is 2.19. The summed E-state index contributed by atoms with van der Waals surface area (Å²) in [6.45, 7) is 1.80. The van der Waals surface area contributed by atoms with Crippen LogP contribution < -0.4 is 5.56 Å². The van der Waals surface area contributed by atoms with Crippen LogP contribution >= 0.6 is 0 Å². The Morgan fingerprint density at radius 3 is 2.76 bits per heavy atom. The van der Waals surface area contributed by atoms with E-state index in [9.17, 15) is 4.79 Å². The van der Waals surface area contributed by atoms with E-state index < -0.39 is 0 Å². The monoisotopic (exact) mass is 278 g/mol. The maximum Gasteiger partial charge on any atom is 0.258 e. The van der Waals surface area contributed by atoms with Crippen LogP contribution in [-0.2, 0) is 0 Å². The molecule has 0 amide bonds. The molecule has 0 unspecified atom stereocenters. The number of aryl methyl sites for hydroxylation is 1. The van der Waals surface area contributed by atoms with Crippen LogP contribution in [0.1, 0.15) is 5.82 Å². The van der Waals surface area contributed by atoms with E-state index in [2.05, 4.69) is 20.2 Å². The molecule has 0 aliphatic heterocycles. The lowest BCUT2D eigenvalue weighted by Crippen LogP contribution is -2.14. The standard InChI is InChI=1S/C14H10N6O/c1-9-15-13-6-5-10(18-20(13)17-9)11-8-14(21)19-7-3-2-4-12(19)16-11/h2-8H,1H3. The molecule has 21 heavy (non-hydrogen) atoms. The van der Waals surface area contributed by atoms with E-state index in [0.29, 0.717) is 28.5 Å². The first-order chi connectivity index (χ1) is 10.2. The molecule has 0 saturated carbocycles. The number of fused-ring (bicyclic) bond motifs is 2. The minimum atomic E-state index is -0.146. The minimum absolute atomic E-state index is 0.146. The minimum Gasteiger partial charge on any atom is -0.269 e. The molecule has 0 saturated heterocycles. The highest BCUT2D eigenvalue weighted by Crippen LogP contribution is 2.13. The molecule has 0 spiro atoms. The van der Waals surface area contributed by atoms with Crippen molar-refractivity contribution in [3.05, 3.63) is 58.8 Å². The maximum absolute atomic E-state index is 12.1. The molecular formula is C14H10N6O. The highest BCUT2D eigenvalue weighted by atomic mass is 16.1. The van der Waals surface area contributed by atoms with Gasteiger partial charge in [-0.3, -0.25) is 9.20 Å². The molecule has 0 aromatic carbocycles. The predicted molar refractivity (Wildman–Crippen MR) is 76.0 cm³/mol. The average Bonchev–Trinajstić information content (AvgIpc) is 2.86. The van der Waals surface area contributed by atoms with Gasteiger partial charge < -0.3 is 0 Å². The second-order valence-corrected chi connectivity index (χ2v) is 4.63. The highest BCUT2D eigenvalue weighted by molar-refractivity contribution is 5.58. The summed E-state index contributed by atoms with van der Waals surface area (Å²) in [6, 6.07) is 10.5. The number of aromatic nitrogens is 6. The van der Waals surface area contributed by atoms with Crippen LogP contribution in [0, 0.1) is 6.92 Å². The van der Waals surface area contributed by atoms with Gasteiger partial charge in [-0.1, -0.05) is 6.07 Å². The van der Waals surface area contributed by atoms with Gasteiger partial charge in [-0.15, -0.1) is 14.8 Å². The summed E-state index contributed by atoms with van der Waals surface area (Å²) in [5.74, 6) is 0.645. The van der Waals surface area contributed by atoms with Crippen LogP contribution in [0.25, 0.3) is 22.7 Å². The lowest BCUT2D eigenvalue weighted by atomic mass is 10.3. The van der Waals surface area contributed by atoms with Gasteiger partial charge in [-0.2, -0.15) is 0 Å². The highest BCUT2D eigenvalue weighted by Gasteiger charge is 2.08. The fourth-order valence-electron chi connectivity index (χ4n) is 2.21. The van der Waals surface area contributed by atoms with E-state index >= 15 is 0 Å². The Bertz CT molecular complexity index is 1030. The maximum atomic E-state index is 12.1. The smallest absolute Gasteiger partial charge is 0.258 e. The Labute approximate surface area is 118 Å². The lowest BCUT2D eigenvalue weighted by Gasteiger charge is -2.03. The third-order valence-corrected chi connectivity index (χ3v) is 3.15. The van der Waals surface area contributed by atoms with Crippen LogP contribution in [0.5, 0.6) is 0 Å². The molecule has 0 radical (unpaired) electrons. The molecular weight excluding hydrogens is 268 g/mol. The molecule has 4 heterocycles. The summed E-state index contributed by atoms with van der Waals surface area (Å²) in [4.78, 5) is 20.8. The van der Waals surface area contributed by atoms with Crippen molar-refractivity contribution in [3.8, 4) is 11.4 Å². The summed E-state index contributed by atoms with van der Waals surface area (Å²) in [7, 11) is 0. The van der Waals surface area contributed by atoms with Crippen LogP contribution in [0.4, 0.5) is 0 Å². The van der Waals surface area contributed by atoms with E-state index in [0.717, 1.165) is 0 Å². The Morgan fingerprint density at radius 1 is 0.952 bits per heavy atom. The van der Waals surface area contributed by atoms with Gasteiger partial charge in [0.15, 0.2) is 5.65 Å². The van der Waals surface area contributed by atoms with Crippen molar-refractivity contribution in [2.24, 2.45) is 0 Å². The van der Waals surface area contributed by atoms with Crippen LogP contribution in [0.3, 0.4) is 0 Å². The van der Waals surface area contributed by atoms with Gasteiger partial charge in [0.05, 0.1) is 5.69 Å². The van der Waals surface area contributed by atoms with Crippen molar-refractivity contribution in [1.29, 1.82) is 0 Å². The van der Waals surface area contributed by atoms with Gasteiger partial charge in [-0.05, 0) is 31.2 Å². The van der Waals surface area contributed by atoms with Crippen molar-refractivity contribution in [3.63, 3.8) is 0 Å². The van der Waals surface area contributed by atoms with Gasteiger partial charge in [0, 0.05) is 12.3 Å². The van der Waals surface area contributed by atoms with Crippen LogP contribution in [0.2, 0.25) is 0 Å². The zero-order valence-electron chi connectivity index (χ0n) is 11.1. The molecule has 7 heteroatoms. The average molecular weight is 278 g/mol. The molecule has 7 nitrogen and oxygen atoms in total. The first-order valence-electron chi connectivity index (χ1n) is 6.40. The largest absolute Gasteiger partial charge is 0.269 e. The summed E-state index contributed by atoms with van der Waals surface area (Å²) in [6.07, 6.45) is 1.69. The second kappa shape index (κ2) is 4.20. The summed E-state index contributed by atoms with van der Waals surface area (Å²) in [5, 5.41) is 8.51. The molecule has 0 aliphatic rings. The molecule has 0 atom stereocenters. The van der Waals surface area contributed by atoms with Gasteiger partial charge in [0.25, 0.3) is 5.56 Å². The first-order valence-corrected chi connectivity index (χ1v) is 6.40. The van der Waals surface area contributed by atoms with Crippen molar-refractivity contribution >= 4 is 11.3 Å². The number of pyridine rings is 1. The molecule has 0 aliphatic carbocycles. The van der Waals surface area contributed by atoms with Crippen LogP contribution in [-0.4, -0.2) is 29.2 Å². The zero-order valence-corrected chi connectivity index (χ0v) is 11.1. The molecule has 0 N–H and O–H groups in total. The van der Waals surface area contributed by atoms with Gasteiger partial charge in [0.2, 0.25) is 0 Å². The number of hydrogen-bond acceptors (Lipinski definition) is 5. The van der Waals surface area contributed by atoms with Crippen LogP contribution in [0.15, 0.2) is 47.4 Å². The van der Waals surface area contributed by atoms with Crippen molar-refractivity contribution < 1.29 is 0 Å². The van der Waals surface area contributed by atoms with Crippen molar-refractivity contribution in [2.75, 3.05) is 0 Å². The number of rotatable bonds is 1. The van der Waals surface area contributed by atoms with Gasteiger partial charge in [0.1, 0.15) is 17.2 Å².